The third kappa shape index (κ3) is 2.36. The molecule has 0 fully saturated rings. The number of nitrogens with two attached hydrogens (primary N) is 1. The van der Waals surface area contributed by atoms with Gasteiger partial charge in [-0.25, -0.2) is 4.98 Å². The Morgan fingerprint density at radius 2 is 2.46 bits per heavy atom. The summed E-state index contributed by atoms with van der Waals surface area (Å²) >= 11 is 0. The van der Waals surface area contributed by atoms with E-state index in [1.807, 2.05) is 0 Å². The molecule has 0 amide bonds. The van der Waals surface area contributed by atoms with Crippen LogP contribution in [0.1, 0.15) is 23.6 Å². The molecule has 0 unspecified atom stereocenters. The average molecular weight is 180 g/mol. The fourth-order valence-electron chi connectivity index (χ4n) is 1.10. The SMILES string of the molecule is C=CC[C@H](N)c1cnc(F)c(C)c1. The Kier molecular flexibility index (Phi) is 3.14. The van der Waals surface area contributed by atoms with Crippen LogP contribution in [0.2, 0.25) is 0 Å². The van der Waals surface area contributed by atoms with E-state index >= 15 is 0 Å². The summed E-state index contributed by atoms with van der Waals surface area (Å²) in [7, 11) is 0. The van der Waals surface area contributed by atoms with Crippen LogP contribution in [0.3, 0.4) is 0 Å². The lowest BCUT2D eigenvalue weighted by Gasteiger charge is -2.09. The van der Waals surface area contributed by atoms with E-state index in [1.54, 1.807) is 19.1 Å². The van der Waals surface area contributed by atoms with Crippen molar-refractivity contribution in [2.24, 2.45) is 5.73 Å². The van der Waals surface area contributed by atoms with Crippen LogP contribution in [0.25, 0.3) is 0 Å². The number of pyridine rings is 1. The molecule has 1 aromatic rings. The molecular formula is C10H13FN2. The Morgan fingerprint density at radius 1 is 1.77 bits per heavy atom. The number of aromatic nitrogens is 1. The molecule has 0 spiro atoms. The minimum atomic E-state index is -0.436. The number of hydrogen-bond donors (Lipinski definition) is 1. The molecule has 0 radical (unpaired) electrons. The van der Waals surface area contributed by atoms with E-state index in [2.05, 4.69) is 11.6 Å². The molecule has 0 bridgehead atoms. The van der Waals surface area contributed by atoms with Gasteiger partial charge in [0.2, 0.25) is 5.95 Å². The molecule has 1 atom stereocenters. The van der Waals surface area contributed by atoms with E-state index in [0.717, 1.165) is 5.56 Å². The van der Waals surface area contributed by atoms with Crippen LogP contribution in [0.5, 0.6) is 0 Å². The third-order valence-corrected chi connectivity index (χ3v) is 1.88. The highest BCUT2D eigenvalue weighted by Crippen LogP contribution is 2.15. The van der Waals surface area contributed by atoms with Crippen molar-refractivity contribution in [3.63, 3.8) is 0 Å². The fraction of sp³-hybridized carbons (Fsp3) is 0.300. The molecule has 1 aromatic heterocycles. The lowest BCUT2D eigenvalue weighted by Crippen LogP contribution is -2.10. The Labute approximate surface area is 77.3 Å². The Bertz CT molecular complexity index is 310. The van der Waals surface area contributed by atoms with Crippen molar-refractivity contribution in [1.82, 2.24) is 4.98 Å². The van der Waals surface area contributed by atoms with Gasteiger partial charge in [0.25, 0.3) is 0 Å². The van der Waals surface area contributed by atoms with Crippen LogP contribution in [-0.4, -0.2) is 4.98 Å². The zero-order chi connectivity index (χ0) is 9.84. The van der Waals surface area contributed by atoms with E-state index in [1.165, 1.54) is 6.20 Å². The minimum Gasteiger partial charge on any atom is -0.324 e. The van der Waals surface area contributed by atoms with Gasteiger partial charge in [-0.1, -0.05) is 6.08 Å². The fourth-order valence-corrected chi connectivity index (χ4v) is 1.10. The quantitative estimate of drug-likeness (QED) is 0.571. The van der Waals surface area contributed by atoms with Gasteiger partial charge < -0.3 is 5.73 Å². The van der Waals surface area contributed by atoms with E-state index in [-0.39, 0.29) is 6.04 Å². The second-order valence-electron chi connectivity index (χ2n) is 3.01. The maximum Gasteiger partial charge on any atom is 0.215 e. The van der Waals surface area contributed by atoms with Gasteiger partial charge in [-0.2, -0.15) is 4.39 Å². The van der Waals surface area contributed by atoms with Crippen LogP contribution in [0.15, 0.2) is 24.9 Å². The Morgan fingerprint density at radius 3 is 3.00 bits per heavy atom. The highest BCUT2D eigenvalue weighted by atomic mass is 19.1. The number of rotatable bonds is 3. The Hall–Kier alpha value is -1.22. The van der Waals surface area contributed by atoms with E-state index < -0.39 is 5.95 Å². The van der Waals surface area contributed by atoms with Crippen molar-refractivity contribution in [3.05, 3.63) is 42.0 Å². The van der Waals surface area contributed by atoms with Crippen LogP contribution >= 0.6 is 0 Å². The van der Waals surface area contributed by atoms with Crippen molar-refractivity contribution >= 4 is 0 Å². The van der Waals surface area contributed by atoms with Crippen LogP contribution in [0.4, 0.5) is 4.39 Å². The summed E-state index contributed by atoms with van der Waals surface area (Å²) in [6.07, 6.45) is 3.88. The zero-order valence-electron chi connectivity index (χ0n) is 7.63. The molecule has 2 nitrogen and oxygen atoms in total. The molecule has 1 heterocycles. The predicted molar refractivity (Wildman–Crippen MR) is 50.7 cm³/mol. The van der Waals surface area contributed by atoms with Gasteiger partial charge in [-0.3, -0.25) is 0 Å². The average Bonchev–Trinajstić information content (AvgIpc) is 2.10. The number of aryl methyl sites for hydroxylation is 1. The molecule has 3 heteroatoms. The summed E-state index contributed by atoms with van der Waals surface area (Å²) in [6.45, 7) is 5.26. The van der Waals surface area contributed by atoms with Gasteiger partial charge >= 0.3 is 0 Å². The molecule has 2 N–H and O–H groups in total. The smallest absolute Gasteiger partial charge is 0.215 e. The molecule has 1 rings (SSSR count). The normalized spacial score (nSPS) is 12.5. The van der Waals surface area contributed by atoms with Crippen LogP contribution in [-0.2, 0) is 0 Å². The van der Waals surface area contributed by atoms with Crippen molar-refractivity contribution in [2.75, 3.05) is 0 Å². The third-order valence-electron chi connectivity index (χ3n) is 1.88. The first kappa shape index (κ1) is 9.86. The number of halogens is 1. The number of nitrogens with zero attached hydrogens (tertiary/aromatic N) is 1. The van der Waals surface area contributed by atoms with Gasteiger partial charge in [0.1, 0.15) is 0 Å². The van der Waals surface area contributed by atoms with Crippen molar-refractivity contribution in [3.8, 4) is 0 Å². The van der Waals surface area contributed by atoms with Crippen LogP contribution in [0, 0.1) is 12.9 Å². The summed E-state index contributed by atoms with van der Waals surface area (Å²) < 4.78 is 12.8. The topological polar surface area (TPSA) is 38.9 Å². The van der Waals surface area contributed by atoms with Crippen molar-refractivity contribution in [1.29, 1.82) is 0 Å². The molecule has 0 aliphatic carbocycles. The highest BCUT2D eigenvalue weighted by molar-refractivity contribution is 5.21. The summed E-state index contributed by atoms with van der Waals surface area (Å²) in [5.41, 5.74) is 7.16. The molecular weight excluding hydrogens is 167 g/mol. The van der Waals surface area contributed by atoms with E-state index in [0.29, 0.717) is 12.0 Å². The van der Waals surface area contributed by atoms with Crippen molar-refractivity contribution < 1.29 is 4.39 Å². The Balaban J connectivity index is 2.89. The molecule has 0 aromatic carbocycles. The van der Waals surface area contributed by atoms with Gasteiger partial charge in [0.15, 0.2) is 0 Å². The monoisotopic (exact) mass is 180 g/mol. The summed E-state index contributed by atoms with van der Waals surface area (Å²) in [6, 6.07) is 1.58. The predicted octanol–water partition coefficient (Wildman–Crippen LogP) is 2.11. The van der Waals surface area contributed by atoms with E-state index in [9.17, 15) is 4.39 Å². The minimum absolute atomic E-state index is 0.135. The summed E-state index contributed by atoms with van der Waals surface area (Å²) in [5.74, 6) is -0.436. The highest BCUT2D eigenvalue weighted by Gasteiger charge is 2.06. The molecule has 0 aliphatic rings. The lowest BCUT2D eigenvalue weighted by molar-refractivity contribution is 0.570. The first-order chi connectivity index (χ1) is 6.15. The first-order valence-electron chi connectivity index (χ1n) is 4.13. The second kappa shape index (κ2) is 4.14. The standard InChI is InChI=1S/C10H13FN2/c1-3-4-9(12)8-5-7(2)10(11)13-6-8/h3,5-6,9H,1,4,12H2,2H3/t9-/m0/s1. The maximum atomic E-state index is 12.8. The van der Waals surface area contributed by atoms with Gasteiger partial charge in [-0.05, 0) is 25.0 Å². The summed E-state index contributed by atoms with van der Waals surface area (Å²) in [5, 5.41) is 0. The molecule has 0 saturated carbocycles. The lowest BCUT2D eigenvalue weighted by atomic mass is 10.1. The van der Waals surface area contributed by atoms with Gasteiger partial charge in [-0.15, -0.1) is 6.58 Å². The molecule has 13 heavy (non-hydrogen) atoms. The van der Waals surface area contributed by atoms with Gasteiger partial charge in [0, 0.05) is 17.8 Å². The molecule has 0 saturated heterocycles. The van der Waals surface area contributed by atoms with Crippen LogP contribution < -0.4 is 5.73 Å². The summed E-state index contributed by atoms with van der Waals surface area (Å²) in [4.78, 5) is 3.60. The second-order valence-corrected chi connectivity index (χ2v) is 3.01. The molecule has 0 aliphatic heterocycles. The first-order valence-corrected chi connectivity index (χ1v) is 4.13. The zero-order valence-corrected chi connectivity index (χ0v) is 7.63. The van der Waals surface area contributed by atoms with Crippen molar-refractivity contribution in [2.45, 2.75) is 19.4 Å². The number of hydrogen-bond acceptors (Lipinski definition) is 2. The van der Waals surface area contributed by atoms with E-state index in [4.69, 9.17) is 5.73 Å². The molecule has 70 valence electrons. The van der Waals surface area contributed by atoms with Gasteiger partial charge in [0.05, 0.1) is 0 Å². The largest absolute Gasteiger partial charge is 0.324 e. The maximum absolute atomic E-state index is 12.8.